The summed E-state index contributed by atoms with van der Waals surface area (Å²) in [5, 5.41) is 7.60. The lowest BCUT2D eigenvalue weighted by molar-refractivity contribution is 0.0636. The minimum absolute atomic E-state index is 0. The monoisotopic (exact) mass is 358 g/mol. The Labute approximate surface area is 151 Å². The molecule has 0 aliphatic carbocycles. The SMILES string of the molecule is Cc1ccn2ncc(C(=O)N3CCNCC3c3cccnc3)c2n1.Cl. The summed E-state index contributed by atoms with van der Waals surface area (Å²) in [6, 6.07) is 5.73. The fourth-order valence-electron chi connectivity index (χ4n) is 3.08. The first-order valence-corrected chi connectivity index (χ1v) is 7.96. The molecule has 1 aliphatic heterocycles. The molecule has 1 saturated heterocycles. The number of halogens is 1. The Hall–Kier alpha value is -2.51. The van der Waals surface area contributed by atoms with E-state index in [1.165, 1.54) is 0 Å². The number of rotatable bonds is 2. The van der Waals surface area contributed by atoms with E-state index in [0.717, 1.165) is 17.8 Å². The summed E-state index contributed by atoms with van der Waals surface area (Å²) >= 11 is 0. The van der Waals surface area contributed by atoms with Crippen molar-refractivity contribution >= 4 is 24.0 Å². The summed E-state index contributed by atoms with van der Waals surface area (Å²) < 4.78 is 1.64. The van der Waals surface area contributed by atoms with E-state index in [2.05, 4.69) is 20.4 Å². The van der Waals surface area contributed by atoms with Crippen LogP contribution in [-0.4, -0.2) is 50.0 Å². The van der Waals surface area contributed by atoms with Crippen molar-refractivity contribution in [2.45, 2.75) is 13.0 Å². The van der Waals surface area contributed by atoms with Crippen molar-refractivity contribution in [3.8, 4) is 0 Å². The van der Waals surface area contributed by atoms with Crippen LogP contribution in [0.5, 0.6) is 0 Å². The Morgan fingerprint density at radius 1 is 1.32 bits per heavy atom. The Morgan fingerprint density at radius 3 is 3.00 bits per heavy atom. The summed E-state index contributed by atoms with van der Waals surface area (Å²) in [5.74, 6) is -0.0431. The fraction of sp³-hybridized carbons (Fsp3) is 0.294. The summed E-state index contributed by atoms with van der Waals surface area (Å²) in [6.07, 6.45) is 6.98. The van der Waals surface area contributed by atoms with E-state index < -0.39 is 0 Å². The van der Waals surface area contributed by atoms with Crippen molar-refractivity contribution in [1.82, 2.24) is 29.8 Å². The molecule has 130 valence electrons. The van der Waals surface area contributed by atoms with Gasteiger partial charge in [-0.1, -0.05) is 6.07 Å². The molecule has 0 spiro atoms. The van der Waals surface area contributed by atoms with Crippen LogP contribution in [0.25, 0.3) is 5.65 Å². The van der Waals surface area contributed by atoms with Crippen LogP contribution in [0.15, 0.2) is 43.0 Å². The lowest BCUT2D eigenvalue weighted by atomic mass is 10.0. The van der Waals surface area contributed by atoms with Crippen molar-refractivity contribution in [3.63, 3.8) is 0 Å². The lowest BCUT2D eigenvalue weighted by Gasteiger charge is -2.36. The van der Waals surface area contributed by atoms with Gasteiger partial charge in [-0.15, -0.1) is 12.4 Å². The number of aromatic nitrogens is 4. The number of fused-ring (bicyclic) bond motifs is 1. The second-order valence-corrected chi connectivity index (χ2v) is 5.90. The number of carbonyl (C=O) groups is 1. The summed E-state index contributed by atoms with van der Waals surface area (Å²) in [4.78, 5) is 23.7. The topological polar surface area (TPSA) is 75.4 Å². The Bertz CT molecular complexity index is 881. The second-order valence-electron chi connectivity index (χ2n) is 5.90. The highest BCUT2D eigenvalue weighted by Crippen LogP contribution is 2.24. The van der Waals surface area contributed by atoms with Gasteiger partial charge in [-0.3, -0.25) is 9.78 Å². The number of piperazine rings is 1. The molecule has 3 aromatic rings. The number of carbonyl (C=O) groups excluding carboxylic acids is 1. The van der Waals surface area contributed by atoms with Gasteiger partial charge in [0.2, 0.25) is 0 Å². The van der Waals surface area contributed by atoms with Crippen LogP contribution in [-0.2, 0) is 0 Å². The van der Waals surface area contributed by atoms with Gasteiger partial charge in [0.1, 0.15) is 5.56 Å². The van der Waals surface area contributed by atoms with Crippen LogP contribution >= 0.6 is 12.4 Å². The number of pyridine rings is 1. The third-order valence-electron chi connectivity index (χ3n) is 4.31. The zero-order chi connectivity index (χ0) is 16.5. The first kappa shape index (κ1) is 17.3. The van der Waals surface area contributed by atoms with Gasteiger partial charge in [-0.05, 0) is 24.6 Å². The minimum Gasteiger partial charge on any atom is -0.329 e. The summed E-state index contributed by atoms with van der Waals surface area (Å²) in [6.45, 7) is 4.03. The molecule has 0 radical (unpaired) electrons. The van der Waals surface area contributed by atoms with E-state index in [1.807, 2.05) is 42.4 Å². The van der Waals surface area contributed by atoms with E-state index >= 15 is 0 Å². The highest BCUT2D eigenvalue weighted by atomic mass is 35.5. The molecular formula is C17H19ClN6O. The van der Waals surface area contributed by atoms with E-state index in [-0.39, 0.29) is 24.4 Å². The lowest BCUT2D eigenvalue weighted by Crippen LogP contribution is -2.48. The molecule has 3 aromatic heterocycles. The van der Waals surface area contributed by atoms with Crippen LogP contribution in [0.4, 0.5) is 0 Å². The molecule has 0 bridgehead atoms. The van der Waals surface area contributed by atoms with Gasteiger partial charge < -0.3 is 10.2 Å². The van der Waals surface area contributed by atoms with Crippen LogP contribution < -0.4 is 5.32 Å². The van der Waals surface area contributed by atoms with Crippen molar-refractivity contribution in [2.75, 3.05) is 19.6 Å². The van der Waals surface area contributed by atoms with E-state index in [1.54, 1.807) is 16.9 Å². The highest BCUT2D eigenvalue weighted by Gasteiger charge is 2.30. The van der Waals surface area contributed by atoms with Gasteiger partial charge in [-0.25, -0.2) is 9.50 Å². The standard InChI is InChI=1S/C17H18N6O.ClH/c1-12-4-7-23-16(21-12)14(10-20-23)17(24)22-8-6-19-11-15(22)13-3-2-5-18-9-13;/h2-5,7,9-10,15,19H,6,8,11H2,1H3;1H. The van der Waals surface area contributed by atoms with Gasteiger partial charge in [0, 0.05) is 43.9 Å². The molecule has 1 amide bonds. The largest absolute Gasteiger partial charge is 0.329 e. The van der Waals surface area contributed by atoms with Crippen LogP contribution in [0.3, 0.4) is 0 Å². The zero-order valence-electron chi connectivity index (χ0n) is 13.8. The molecule has 25 heavy (non-hydrogen) atoms. The highest BCUT2D eigenvalue weighted by molar-refractivity contribution is 6.00. The quantitative estimate of drug-likeness (QED) is 0.753. The smallest absolute Gasteiger partial charge is 0.259 e. The summed E-state index contributed by atoms with van der Waals surface area (Å²) in [7, 11) is 0. The predicted molar refractivity (Wildman–Crippen MR) is 95.9 cm³/mol. The third-order valence-corrected chi connectivity index (χ3v) is 4.31. The van der Waals surface area contributed by atoms with Gasteiger partial charge in [0.25, 0.3) is 5.91 Å². The molecule has 1 atom stereocenters. The van der Waals surface area contributed by atoms with E-state index in [9.17, 15) is 4.79 Å². The zero-order valence-corrected chi connectivity index (χ0v) is 14.6. The molecule has 7 nitrogen and oxygen atoms in total. The maximum atomic E-state index is 13.2. The van der Waals surface area contributed by atoms with Gasteiger partial charge in [0.05, 0.1) is 12.2 Å². The van der Waals surface area contributed by atoms with E-state index in [4.69, 9.17) is 0 Å². The number of hydrogen-bond acceptors (Lipinski definition) is 5. The van der Waals surface area contributed by atoms with Gasteiger partial charge >= 0.3 is 0 Å². The Balaban J connectivity index is 0.00000182. The molecule has 0 aromatic carbocycles. The molecule has 0 saturated carbocycles. The Kier molecular flexibility index (Phi) is 4.96. The van der Waals surface area contributed by atoms with Crippen LogP contribution in [0.1, 0.15) is 27.7 Å². The molecule has 1 unspecified atom stereocenters. The normalized spacial score (nSPS) is 17.3. The number of aryl methyl sites for hydroxylation is 1. The number of hydrogen-bond donors (Lipinski definition) is 1. The molecule has 1 N–H and O–H groups in total. The molecular weight excluding hydrogens is 340 g/mol. The number of nitrogens with zero attached hydrogens (tertiary/aromatic N) is 5. The molecule has 4 rings (SSSR count). The maximum Gasteiger partial charge on any atom is 0.259 e. The fourth-order valence-corrected chi connectivity index (χ4v) is 3.08. The average Bonchev–Trinajstić information content (AvgIpc) is 3.05. The Morgan fingerprint density at radius 2 is 2.20 bits per heavy atom. The first-order chi connectivity index (χ1) is 11.7. The van der Waals surface area contributed by atoms with Gasteiger partial charge in [-0.2, -0.15) is 5.10 Å². The van der Waals surface area contributed by atoms with Crippen LogP contribution in [0, 0.1) is 6.92 Å². The molecule has 1 aliphatic rings. The number of amides is 1. The summed E-state index contributed by atoms with van der Waals surface area (Å²) in [5.41, 5.74) is 3.03. The minimum atomic E-state index is -0.0431. The van der Waals surface area contributed by atoms with Crippen LogP contribution in [0.2, 0.25) is 0 Å². The number of nitrogens with one attached hydrogen (secondary N) is 1. The van der Waals surface area contributed by atoms with Gasteiger partial charge in [0.15, 0.2) is 5.65 Å². The average molecular weight is 359 g/mol. The second kappa shape index (κ2) is 7.16. The molecule has 8 heteroatoms. The first-order valence-electron chi connectivity index (χ1n) is 7.96. The molecule has 4 heterocycles. The van der Waals surface area contributed by atoms with Crippen molar-refractivity contribution in [1.29, 1.82) is 0 Å². The molecule has 1 fully saturated rings. The van der Waals surface area contributed by atoms with Crippen molar-refractivity contribution < 1.29 is 4.79 Å². The van der Waals surface area contributed by atoms with E-state index in [0.29, 0.717) is 24.3 Å². The van der Waals surface area contributed by atoms with Crippen molar-refractivity contribution in [3.05, 3.63) is 59.8 Å². The maximum absolute atomic E-state index is 13.2. The predicted octanol–water partition coefficient (Wildman–Crippen LogP) is 1.64. The van der Waals surface area contributed by atoms with Crippen molar-refractivity contribution in [2.24, 2.45) is 0 Å². The third kappa shape index (κ3) is 3.20.